The Hall–Kier alpha value is -1.06. The maximum atomic E-state index is 12.3. The van der Waals surface area contributed by atoms with Crippen molar-refractivity contribution in [3.8, 4) is 0 Å². The summed E-state index contributed by atoms with van der Waals surface area (Å²) in [6.07, 6.45) is 5.43. The van der Waals surface area contributed by atoms with Gasteiger partial charge in [0.15, 0.2) is 0 Å². The molecule has 1 saturated heterocycles. The molecule has 1 amide bonds. The standard InChI is InChI=1S/C15H25NO3/c1-10-4-3-5-12(6-10)7-14(17)16-8-11(2)13(9-16)15(18)19/h10-13H,3-9H2,1-2H3,(H,18,19)/t10?,11-,12?,13-/m1/s1. The van der Waals surface area contributed by atoms with Crippen LogP contribution in [0.4, 0.5) is 0 Å². The quantitative estimate of drug-likeness (QED) is 0.854. The van der Waals surface area contributed by atoms with Crippen LogP contribution < -0.4 is 0 Å². The van der Waals surface area contributed by atoms with Gasteiger partial charge in [-0.3, -0.25) is 9.59 Å². The molecule has 0 aromatic heterocycles. The van der Waals surface area contributed by atoms with E-state index in [0.29, 0.717) is 25.4 Å². The molecule has 4 heteroatoms. The molecule has 0 spiro atoms. The number of carboxylic acids is 1. The average Bonchev–Trinajstić information content (AvgIpc) is 2.71. The van der Waals surface area contributed by atoms with E-state index in [1.165, 1.54) is 12.8 Å². The van der Waals surface area contributed by atoms with Gasteiger partial charge in [-0.2, -0.15) is 0 Å². The Morgan fingerprint density at radius 1 is 1.21 bits per heavy atom. The Kier molecular flexibility index (Phi) is 4.48. The van der Waals surface area contributed by atoms with Crippen molar-refractivity contribution in [2.75, 3.05) is 13.1 Å². The molecule has 1 N–H and O–H groups in total. The van der Waals surface area contributed by atoms with E-state index in [4.69, 9.17) is 5.11 Å². The van der Waals surface area contributed by atoms with Crippen molar-refractivity contribution in [2.45, 2.75) is 46.0 Å². The summed E-state index contributed by atoms with van der Waals surface area (Å²) >= 11 is 0. The molecule has 1 heterocycles. The van der Waals surface area contributed by atoms with Crippen LogP contribution in [0.1, 0.15) is 46.0 Å². The van der Waals surface area contributed by atoms with Gasteiger partial charge in [-0.25, -0.2) is 0 Å². The number of nitrogens with zero attached hydrogens (tertiary/aromatic N) is 1. The molecule has 2 unspecified atom stereocenters. The lowest BCUT2D eigenvalue weighted by Gasteiger charge is -2.27. The van der Waals surface area contributed by atoms with E-state index in [0.717, 1.165) is 18.8 Å². The lowest BCUT2D eigenvalue weighted by molar-refractivity contribution is -0.142. The largest absolute Gasteiger partial charge is 0.481 e. The van der Waals surface area contributed by atoms with Gasteiger partial charge in [0.05, 0.1) is 5.92 Å². The minimum atomic E-state index is -0.769. The molecule has 0 bridgehead atoms. The van der Waals surface area contributed by atoms with Crippen molar-refractivity contribution >= 4 is 11.9 Å². The summed E-state index contributed by atoms with van der Waals surface area (Å²) in [7, 11) is 0. The van der Waals surface area contributed by atoms with Crippen LogP contribution in [0.15, 0.2) is 0 Å². The fourth-order valence-electron chi connectivity index (χ4n) is 3.61. The van der Waals surface area contributed by atoms with Crippen molar-refractivity contribution in [3.63, 3.8) is 0 Å². The number of carbonyl (C=O) groups is 2. The number of likely N-dealkylation sites (tertiary alicyclic amines) is 1. The van der Waals surface area contributed by atoms with Gasteiger partial charge in [0, 0.05) is 19.5 Å². The molecule has 1 saturated carbocycles. The van der Waals surface area contributed by atoms with Crippen molar-refractivity contribution < 1.29 is 14.7 Å². The van der Waals surface area contributed by atoms with E-state index in [9.17, 15) is 9.59 Å². The van der Waals surface area contributed by atoms with E-state index in [-0.39, 0.29) is 17.7 Å². The summed E-state index contributed by atoms with van der Waals surface area (Å²) in [5.74, 6) is 0.330. The predicted molar refractivity (Wildman–Crippen MR) is 72.6 cm³/mol. The summed E-state index contributed by atoms with van der Waals surface area (Å²) < 4.78 is 0. The first-order valence-corrected chi connectivity index (χ1v) is 7.48. The molecule has 1 aliphatic carbocycles. The van der Waals surface area contributed by atoms with Crippen molar-refractivity contribution in [3.05, 3.63) is 0 Å². The first kappa shape index (κ1) is 14.4. The summed E-state index contributed by atoms with van der Waals surface area (Å²) in [5.41, 5.74) is 0. The summed E-state index contributed by atoms with van der Waals surface area (Å²) in [4.78, 5) is 25.1. The first-order valence-electron chi connectivity index (χ1n) is 7.48. The molecule has 108 valence electrons. The van der Waals surface area contributed by atoms with Gasteiger partial charge >= 0.3 is 5.97 Å². The molecule has 0 aromatic rings. The van der Waals surface area contributed by atoms with Crippen molar-refractivity contribution in [1.29, 1.82) is 0 Å². The number of hydrogen-bond acceptors (Lipinski definition) is 2. The molecular formula is C15H25NO3. The second-order valence-corrected chi connectivity index (χ2v) is 6.56. The van der Waals surface area contributed by atoms with Gasteiger partial charge < -0.3 is 10.0 Å². The molecule has 2 aliphatic rings. The number of rotatable bonds is 3. The maximum Gasteiger partial charge on any atom is 0.308 e. The predicted octanol–water partition coefficient (Wildman–Crippen LogP) is 2.38. The summed E-state index contributed by atoms with van der Waals surface area (Å²) in [6.45, 7) is 5.19. The summed E-state index contributed by atoms with van der Waals surface area (Å²) in [5, 5.41) is 9.10. The maximum absolute atomic E-state index is 12.3. The van der Waals surface area contributed by atoms with E-state index in [1.54, 1.807) is 4.90 Å². The molecule has 2 rings (SSSR count). The van der Waals surface area contributed by atoms with E-state index in [1.807, 2.05) is 6.92 Å². The van der Waals surface area contributed by atoms with Crippen molar-refractivity contribution in [2.24, 2.45) is 23.7 Å². The lowest BCUT2D eigenvalue weighted by Crippen LogP contribution is -2.32. The molecule has 4 nitrogen and oxygen atoms in total. The molecule has 2 fully saturated rings. The third kappa shape index (κ3) is 3.48. The van der Waals surface area contributed by atoms with Crippen LogP contribution in [0.5, 0.6) is 0 Å². The lowest BCUT2D eigenvalue weighted by atomic mass is 9.80. The average molecular weight is 267 g/mol. The highest BCUT2D eigenvalue weighted by atomic mass is 16.4. The number of carbonyl (C=O) groups excluding carboxylic acids is 1. The zero-order valence-electron chi connectivity index (χ0n) is 12.0. The Labute approximate surface area is 115 Å². The minimum absolute atomic E-state index is 0.0757. The van der Waals surface area contributed by atoms with Crippen LogP contribution in [-0.4, -0.2) is 35.0 Å². The zero-order valence-corrected chi connectivity index (χ0v) is 12.0. The molecule has 1 aliphatic heterocycles. The molecule has 4 atom stereocenters. The van der Waals surface area contributed by atoms with E-state index >= 15 is 0 Å². The number of hydrogen-bond donors (Lipinski definition) is 1. The molecule has 0 radical (unpaired) electrons. The Balaban J connectivity index is 1.85. The Bertz CT molecular complexity index is 355. The van der Waals surface area contributed by atoms with Crippen LogP contribution in [0.2, 0.25) is 0 Å². The molecule has 19 heavy (non-hydrogen) atoms. The normalized spacial score (nSPS) is 35.4. The topological polar surface area (TPSA) is 57.6 Å². The number of carboxylic acid groups (broad SMARTS) is 1. The van der Waals surface area contributed by atoms with Crippen LogP contribution in [0, 0.1) is 23.7 Å². The highest BCUT2D eigenvalue weighted by Crippen LogP contribution is 2.32. The highest BCUT2D eigenvalue weighted by Gasteiger charge is 2.37. The third-order valence-corrected chi connectivity index (χ3v) is 4.79. The second kappa shape index (κ2) is 5.93. The zero-order chi connectivity index (χ0) is 14.0. The second-order valence-electron chi connectivity index (χ2n) is 6.56. The number of aliphatic carboxylic acids is 1. The van der Waals surface area contributed by atoms with Crippen molar-refractivity contribution in [1.82, 2.24) is 4.90 Å². The van der Waals surface area contributed by atoms with Gasteiger partial charge in [-0.1, -0.05) is 26.7 Å². The number of amides is 1. The molecule has 0 aromatic carbocycles. The van der Waals surface area contributed by atoms with Gasteiger partial charge in [0.1, 0.15) is 0 Å². The smallest absolute Gasteiger partial charge is 0.308 e. The highest BCUT2D eigenvalue weighted by molar-refractivity contribution is 5.79. The SMILES string of the molecule is CC1CCCC(CC(=O)N2C[C@@H](C)[C@H](C(=O)O)C2)C1. The Morgan fingerprint density at radius 3 is 2.53 bits per heavy atom. The van der Waals surface area contributed by atoms with E-state index in [2.05, 4.69) is 6.92 Å². The van der Waals surface area contributed by atoms with Gasteiger partial charge in [-0.05, 0) is 30.6 Å². The van der Waals surface area contributed by atoms with Crippen LogP contribution in [0.25, 0.3) is 0 Å². The molecular weight excluding hydrogens is 242 g/mol. The van der Waals surface area contributed by atoms with Crippen LogP contribution in [-0.2, 0) is 9.59 Å². The Morgan fingerprint density at radius 2 is 1.95 bits per heavy atom. The minimum Gasteiger partial charge on any atom is -0.481 e. The van der Waals surface area contributed by atoms with Gasteiger partial charge in [-0.15, -0.1) is 0 Å². The van der Waals surface area contributed by atoms with Gasteiger partial charge in [0.2, 0.25) is 5.91 Å². The summed E-state index contributed by atoms with van der Waals surface area (Å²) in [6, 6.07) is 0. The van der Waals surface area contributed by atoms with Gasteiger partial charge in [0.25, 0.3) is 0 Å². The first-order chi connectivity index (χ1) is 8.97. The van der Waals surface area contributed by atoms with E-state index < -0.39 is 5.97 Å². The fraction of sp³-hybridized carbons (Fsp3) is 0.867. The fourth-order valence-corrected chi connectivity index (χ4v) is 3.61. The monoisotopic (exact) mass is 267 g/mol. The van der Waals surface area contributed by atoms with Crippen LogP contribution >= 0.6 is 0 Å². The third-order valence-electron chi connectivity index (χ3n) is 4.79. The van der Waals surface area contributed by atoms with Crippen LogP contribution in [0.3, 0.4) is 0 Å².